The van der Waals surface area contributed by atoms with Crippen molar-refractivity contribution in [2.75, 3.05) is 24.2 Å². The second-order valence-electron chi connectivity index (χ2n) is 7.61. The number of sulfonamides is 1. The summed E-state index contributed by atoms with van der Waals surface area (Å²) < 4.78 is 37.3. The summed E-state index contributed by atoms with van der Waals surface area (Å²) in [6.45, 7) is -0.244. The molecular weight excluding hydrogens is 629 g/mol. The number of nitrogens with one attached hydrogen (secondary N) is 1. The predicted octanol–water partition coefficient (Wildman–Crippen LogP) is 5.91. The molecule has 3 aromatic carbocycles. The molecule has 0 saturated carbocycles. The van der Waals surface area contributed by atoms with Gasteiger partial charge in [-0.05, 0) is 75.6 Å². The van der Waals surface area contributed by atoms with Gasteiger partial charge in [-0.2, -0.15) is 5.10 Å². The van der Waals surface area contributed by atoms with Crippen LogP contribution in [0.1, 0.15) is 11.1 Å². The van der Waals surface area contributed by atoms with Gasteiger partial charge in [0.2, 0.25) is 10.0 Å². The molecule has 0 aliphatic carbocycles. The average Bonchev–Trinajstić information content (AvgIpc) is 2.83. The zero-order valence-corrected chi connectivity index (χ0v) is 24.2. The standard InChI is InChI=1S/C24H21BrCl3N3O5S/c1-35-22-11-16(9-19(25)24(22)36-14-15-3-8-20(27)21(28)10-15)12-29-30-23(32)13-31(37(2,33)34)18-6-4-17(26)5-7-18/h3-12H,13-14H2,1-2H3,(H,30,32)/b29-12+. The Morgan fingerprint density at radius 2 is 1.78 bits per heavy atom. The van der Waals surface area contributed by atoms with Crippen molar-refractivity contribution in [3.05, 3.63) is 85.3 Å². The number of carbonyl (C=O) groups is 1. The van der Waals surface area contributed by atoms with E-state index in [-0.39, 0.29) is 6.61 Å². The van der Waals surface area contributed by atoms with Crippen molar-refractivity contribution in [1.29, 1.82) is 0 Å². The topological polar surface area (TPSA) is 97.3 Å². The number of amides is 1. The number of ether oxygens (including phenoxy) is 2. The molecule has 8 nitrogen and oxygen atoms in total. The average molecular weight is 650 g/mol. The molecule has 0 saturated heterocycles. The Hall–Kier alpha value is -2.50. The lowest BCUT2D eigenvalue weighted by atomic mass is 10.2. The second kappa shape index (κ2) is 12.8. The molecule has 0 radical (unpaired) electrons. The predicted molar refractivity (Wildman–Crippen MR) is 151 cm³/mol. The first-order valence-electron chi connectivity index (χ1n) is 10.5. The highest BCUT2D eigenvalue weighted by atomic mass is 79.9. The second-order valence-corrected chi connectivity index (χ2v) is 11.6. The van der Waals surface area contributed by atoms with Crippen LogP contribution in [0.15, 0.2) is 64.2 Å². The summed E-state index contributed by atoms with van der Waals surface area (Å²) in [4.78, 5) is 12.4. The molecular formula is C24H21BrCl3N3O5S. The van der Waals surface area contributed by atoms with Crippen LogP contribution in [0.5, 0.6) is 11.5 Å². The third-order valence-corrected chi connectivity index (χ3v) is 7.54. The van der Waals surface area contributed by atoms with Gasteiger partial charge in [-0.1, -0.05) is 40.9 Å². The molecule has 0 atom stereocenters. The lowest BCUT2D eigenvalue weighted by Crippen LogP contribution is -2.38. The molecule has 196 valence electrons. The third kappa shape index (κ3) is 8.24. The van der Waals surface area contributed by atoms with E-state index >= 15 is 0 Å². The summed E-state index contributed by atoms with van der Waals surface area (Å²) in [6, 6.07) is 14.7. The number of hydrazone groups is 1. The minimum Gasteiger partial charge on any atom is -0.493 e. The minimum atomic E-state index is -3.73. The van der Waals surface area contributed by atoms with Gasteiger partial charge in [-0.25, -0.2) is 13.8 Å². The van der Waals surface area contributed by atoms with Crippen molar-refractivity contribution in [1.82, 2.24) is 5.43 Å². The number of halogens is 4. The zero-order valence-electron chi connectivity index (χ0n) is 19.5. The fourth-order valence-corrected chi connectivity index (χ4v) is 4.97. The van der Waals surface area contributed by atoms with Crippen molar-refractivity contribution in [3.63, 3.8) is 0 Å². The van der Waals surface area contributed by atoms with E-state index in [1.807, 2.05) is 0 Å². The van der Waals surface area contributed by atoms with Crippen molar-refractivity contribution >= 4 is 78.6 Å². The minimum absolute atomic E-state index is 0.222. The molecule has 0 aliphatic rings. The van der Waals surface area contributed by atoms with E-state index in [0.717, 1.165) is 16.1 Å². The summed E-state index contributed by atoms with van der Waals surface area (Å²) in [5.74, 6) is 0.249. The van der Waals surface area contributed by atoms with E-state index < -0.39 is 22.5 Å². The van der Waals surface area contributed by atoms with Crippen LogP contribution in [-0.4, -0.2) is 40.4 Å². The maximum absolute atomic E-state index is 12.4. The Morgan fingerprint density at radius 1 is 1.08 bits per heavy atom. The molecule has 13 heteroatoms. The molecule has 0 aliphatic heterocycles. The van der Waals surface area contributed by atoms with Gasteiger partial charge in [-0.3, -0.25) is 9.10 Å². The van der Waals surface area contributed by atoms with E-state index in [0.29, 0.717) is 42.3 Å². The van der Waals surface area contributed by atoms with E-state index in [4.69, 9.17) is 44.3 Å². The first-order valence-corrected chi connectivity index (χ1v) is 14.2. The number of anilines is 1. The highest BCUT2D eigenvalue weighted by molar-refractivity contribution is 9.10. The number of hydrogen-bond acceptors (Lipinski definition) is 6. The summed E-state index contributed by atoms with van der Waals surface area (Å²) in [5.41, 5.74) is 4.04. The van der Waals surface area contributed by atoms with Crippen LogP contribution in [0, 0.1) is 0 Å². The first-order chi connectivity index (χ1) is 17.5. The molecule has 0 bridgehead atoms. The van der Waals surface area contributed by atoms with Gasteiger partial charge >= 0.3 is 0 Å². The highest BCUT2D eigenvalue weighted by Gasteiger charge is 2.20. The van der Waals surface area contributed by atoms with Crippen LogP contribution in [0.4, 0.5) is 5.69 Å². The van der Waals surface area contributed by atoms with Crippen molar-refractivity contribution in [3.8, 4) is 11.5 Å². The first kappa shape index (κ1) is 29.1. The number of hydrogen-bond donors (Lipinski definition) is 1. The monoisotopic (exact) mass is 647 g/mol. The summed E-state index contributed by atoms with van der Waals surface area (Å²) >= 11 is 21.3. The van der Waals surface area contributed by atoms with Gasteiger partial charge in [-0.15, -0.1) is 0 Å². The Morgan fingerprint density at radius 3 is 2.41 bits per heavy atom. The van der Waals surface area contributed by atoms with Crippen LogP contribution >= 0.6 is 50.7 Å². The van der Waals surface area contributed by atoms with Crippen molar-refractivity contribution in [2.45, 2.75) is 6.61 Å². The Labute approximate surface area is 238 Å². The fraction of sp³-hybridized carbons (Fsp3) is 0.167. The van der Waals surface area contributed by atoms with Crippen LogP contribution in [-0.2, 0) is 21.4 Å². The van der Waals surface area contributed by atoms with Crippen LogP contribution in [0.2, 0.25) is 15.1 Å². The Kier molecular flexibility index (Phi) is 10.1. The van der Waals surface area contributed by atoms with Crippen LogP contribution in [0.25, 0.3) is 0 Å². The Balaban J connectivity index is 1.67. The van der Waals surface area contributed by atoms with Crippen molar-refractivity contribution < 1.29 is 22.7 Å². The molecule has 0 heterocycles. The molecule has 3 rings (SSSR count). The maximum atomic E-state index is 12.4. The molecule has 1 N–H and O–H groups in total. The van der Waals surface area contributed by atoms with Crippen LogP contribution < -0.4 is 19.2 Å². The summed E-state index contributed by atoms with van der Waals surface area (Å²) in [7, 11) is -2.23. The zero-order chi connectivity index (χ0) is 27.2. The van der Waals surface area contributed by atoms with E-state index in [2.05, 4.69) is 26.5 Å². The molecule has 0 fully saturated rings. The lowest BCUT2D eigenvalue weighted by molar-refractivity contribution is -0.119. The van der Waals surface area contributed by atoms with Gasteiger partial charge in [0.05, 0.1) is 39.8 Å². The molecule has 0 unspecified atom stereocenters. The molecule has 0 spiro atoms. The molecule has 1 amide bonds. The smallest absolute Gasteiger partial charge is 0.260 e. The SMILES string of the molecule is COc1cc(/C=N/NC(=O)CN(c2ccc(Cl)cc2)S(C)(=O)=O)cc(Br)c1OCc1ccc(Cl)c(Cl)c1. The maximum Gasteiger partial charge on any atom is 0.260 e. The summed E-state index contributed by atoms with van der Waals surface area (Å²) in [6.07, 6.45) is 2.40. The number of nitrogens with zero attached hydrogens (tertiary/aromatic N) is 2. The van der Waals surface area contributed by atoms with Gasteiger partial charge in [0.1, 0.15) is 13.2 Å². The molecule has 0 aromatic heterocycles. The summed E-state index contributed by atoms with van der Waals surface area (Å²) in [5, 5.41) is 5.25. The van der Waals surface area contributed by atoms with Crippen LogP contribution in [0.3, 0.4) is 0 Å². The number of rotatable bonds is 10. The normalized spacial score (nSPS) is 11.4. The Bertz CT molecular complexity index is 1420. The largest absolute Gasteiger partial charge is 0.493 e. The van der Waals surface area contributed by atoms with Gasteiger partial charge < -0.3 is 9.47 Å². The third-order valence-electron chi connectivity index (χ3n) is 4.82. The molecule has 37 heavy (non-hydrogen) atoms. The van der Waals surface area contributed by atoms with Gasteiger partial charge in [0.25, 0.3) is 5.91 Å². The molecule has 3 aromatic rings. The van der Waals surface area contributed by atoms with E-state index in [1.54, 1.807) is 30.3 Å². The quantitative estimate of drug-likeness (QED) is 0.218. The number of carbonyl (C=O) groups excluding carboxylic acids is 1. The number of benzene rings is 3. The van der Waals surface area contributed by atoms with E-state index in [1.165, 1.54) is 37.6 Å². The number of methoxy groups -OCH3 is 1. The lowest BCUT2D eigenvalue weighted by Gasteiger charge is -2.21. The highest BCUT2D eigenvalue weighted by Crippen LogP contribution is 2.37. The van der Waals surface area contributed by atoms with Gasteiger partial charge in [0.15, 0.2) is 11.5 Å². The van der Waals surface area contributed by atoms with E-state index in [9.17, 15) is 13.2 Å². The van der Waals surface area contributed by atoms with Crippen molar-refractivity contribution in [2.24, 2.45) is 5.10 Å². The van der Waals surface area contributed by atoms with Gasteiger partial charge in [0, 0.05) is 5.02 Å². The fourth-order valence-electron chi connectivity index (χ4n) is 3.09.